The molecule has 0 spiro atoms. The maximum atomic E-state index is 13.8. The van der Waals surface area contributed by atoms with Crippen LogP contribution in [0.15, 0.2) is 85.3 Å². The van der Waals surface area contributed by atoms with E-state index in [0.717, 1.165) is 70.4 Å². The van der Waals surface area contributed by atoms with Crippen LogP contribution in [0.5, 0.6) is 0 Å². The number of pyridine rings is 1. The van der Waals surface area contributed by atoms with Crippen molar-refractivity contribution in [1.29, 1.82) is 0 Å². The Bertz CT molecular complexity index is 1640. The summed E-state index contributed by atoms with van der Waals surface area (Å²) in [4.78, 5) is 38.3. The summed E-state index contributed by atoms with van der Waals surface area (Å²) >= 11 is 0. The standard InChI is InChI=1S/C33H36N8O/c1-21(34)31-36-19-27(38-31)23-13-11-22(12-14-23)26-16-15-25(18-35-26)28-20-37-32(39-28)29-10-7-17-41(29)33(42)30(40(2)3)24-8-5-4-6-9-24/h4-6,8-9,11-16,18-21,29-30H,7,10,17,34H2,1-3H3,(H,36,38)(H,37,39)/t21-,29-,30+/m0/s1. The molecule has 3 atom stereocenters. The van der Waals surface area contributed by atoms with Gasteiger partial charge in [-0.3, -0.25) is 14.7 Å². The lowest BCUT2D eigenvalue weighted by atomic mass is 10.0. The number of carbonyl (C=O) groups is 1. The van der Waals surface area contributed by atoms with Gasteiger partial charge in [-0.05, 0) is 57.1 Å². The van der Waals surface area contributed by atoms with E-state index in [1.165, 1.54) is 0 Å². The van der Waals surface area contributed by atoms with Crippen LogP contribution in [0.1, 0.15) is 55.1 Å². The van der Waals surface area contributed by atoms with Crippen molar-refractivity contribution in [3.8, 4) is 33.8 Å². The Kier molecular flexibility index (Phi) is 7.69. The van der Waals surface area contributed by atoms with Gasteiger partial charge in [0.1, 0.15) is 17.7 Å². The molecule has 42 heavy (non-hydrogen) atoms. The number of imidazole rings is 2. The molecule has 1 saturated heterocycles. The summed E-state index contributed by atoms with van der Waals surface area (Å²) < 4.78 is 0. The molecule has 4 N–H and O–H groups in total. The number of amides is 1. The van der Waals surface area contributed by atoms with Crippen molar-refractivity contribution >= 4 is 5.91 Å². The molecule has 4 heterocycles. The molecule has 0 saturated carbocycles. The molecule has 1 amide bonds. The van der Waals surface area contributed by atoms with Crippen LogP contribution in [0.3, 0.4) is 0 Å². The summed E-state index contributed by atoms with van der Waals surface area (Å²) in [5.41, 5.74) is 12.6. The minimum atomic E-state index is -0.335. The van der Waals surface area contributed by atoms with Gasteiger partial charge in [0.2, 0.25) is 5.91 Å². The number of aromatic amines is 2. The van der Waals surface area contributed by atoms with Crippen LogP contribution < -0.4 is 5.73 Å². The minimum absolute atomic E-state index is 0.0813. The molecule has 0 bridgehead atoms. The molecule has 2 aromatic carbocycles. The summed E-state index contributed by atoms with van der Waals surface area (Å²) in [6.45, 7) is 2.63. The number of carbonyl (C=O) groups excluding carboxylic acids is 1. The van der Waals surface area contributed by atoms with Crippen molar-refractivity contribution in [1.82, 2.24) is 34.7 Å². The molecule has 1 fully saturated rings. The summed E-state index contributed by atoms with van der Waals surface area (Å²) in [7, 11) is 3.91. The highest BCUT2D eigenvalue weighted by molar-refractivity contribution is 5.84. The topological polar surface area (TPSA) is 120 Å². The second-order valence-electron chi connectivity index (χ2n) is 11.1. The lowest BCUT2D eigenvalue weighted by Gasteiger charge is -2.31. The number of rotatable bonds is 8. The van der Waals surface area contributed by atoms with Crippen molar-refractivity contribution in [2.75, 3.05) is 20.6 Å². The fraction of sp³-hybridized carbons (Fsp3) is 0.273. The first-order valence-electron chi connectivity index (χ1n) is 14.3. The summed E-state index contributed by atoms with van der Waals surface area (Å²) in [5.74, 6) is 1.68. The van der Waals surface area contributed by atoms with Gasteiger partial charge in [-0.25, -0.2) is 9.97 Å². The van der Waals surface area contributed by atoms with Gasteiger partial charge in [0.05, 0.1) is 41.6 Å². The number of aromatic nitrogens is 5. The Hall–Kier alpha value is -4.60. The van der Waals surface area contributed by atoms with E-state index in [0.29, 0.717) is 0 Å². The average Bonchev–Trinajstić information content (AvgIpc) is 3.79. The SMILES string of the molecule is C[C@H](N)c1ncc(-c2ccc(-c3ccc(-c4cnc([C@@H]5CCCN5C(=O)[C@@H](c5ccccc5)N(C)C)[nH]4)cn3)cc2)[nH]1. The number of nitrogens with zero attached hydrogens (tertiary/aromatic N) is 5. The van der Waals surface area contributed by atoms with E-state index in [-0.39, 0.29) is 24.0 Å². The molecule has 9 nitrogen and oxygen atoms in total. The van der Waals surface area contributed by atoms with Gasteiger partial charge in [-0.2, -0.15) is 0 Å². The van der Waals surface area contributed by atoms with E-state index in [2.05, 4.69) is 39.2 Å². The average molecular weight is 561 g/mol. The second-order valence-corrected chi connectivity index (χ2v) is 11.1. The monoisotopic (exact) mass is 560 g/mol. The van der Waals surface area contributed by atoms with E-state index < -0.39 is 0 Å². The highest BCUT2D eigenvalue weighted by Crippen LogP contribution is 2.35. The van der Waals surface area contributed by atoms with E-state index in [9.17, 15) is 4.79 Å². The van der Waals surface area contributed by atoms with Crippen molar-refractivity contribution < 1.29 is 4.79 Å². The van der Waals surface area contributed by atoms with Gasteiger partial charge in [0.15, 0.2) is 0 Å². The molecule has 9 heteroatoms. The van der Waals surface area contributed by atoms with Gasteiger partial charge in [0.25, 0.3) is 0 Å². The molecule has 0 unspecified atom stereocenters. The molecule has 1 aliphatic rings. The van der Waals surface area contributed by atoms with Crippen molar-refractivity contribution in [2.24, 2.45) is 5.73 Å². The van der Waals surface area contributed by atoms with Crippen molar-refractivity contribution in [3.05, 3.63) is 103 Å². The third-order valence-corrected chi connectivity index (χ3v) is 7.91. The highest BCUT2D eigenvalue weighted by atomic mass is 16.2. The lowest BCUT2D eigenvalue weighted by Crippen LogP contribution is -2.40. The third kappa shape index (κ3) is 5.48. The van der Waals surface area contributed by atoms with Crippen LogP contribution >= 0.6 is 0 Å². The van der Waals surface area contributed by atoms with Crippen LogP contribution in [0.25, 0.3) is 33.8 Å². The van der Waals surface area contributed by atoms with Gasteiger partial charge in [-0.1, -0.05) is 54.6 Å². The lowest BCUT2D eigenvalue weighted by molar-refractivity contribution is -0.137. The quantitative estimate of drug-likeness (QED) is 0.230. The van der Waals surface area contributed by atoms with Gasteiger partial charge >= 0.3 is 0 Å². The van der Waals surface area contributed by atoms with Gasteiger partial charge < -0.3 is 20.6 Å². The second kappa shape index (κ2) is 11.7. The van der Waals surface area contributed by atoms with Crippen molar-refractivity contribution in [2.45, 2.75) is 37.9 Å². The third-order valence-electron chi connectivity index (χ3n) is 7.91. The molecule has 5 aromatic rings. The molecule has 3 aromatic heterocycles. The molecular weight excluding hydrogens is 524 g/mol. The van der Waals surface area contributed by atoms with Crippen LogP contribution in [-0.4, -0.2) is 61.3 Å². The number of likely N-dealkylation sites (N-methyl/N-ethyl adjacent to an activating group) is 1. The normalized spacial score (nSPS) is 16.6. The summed E-state index contributed by atoms with van der Waals surface area (Å²) in [5, 5.41) is 0. The van der Waals surface area contributed by atoms with Crippen LogP contribution in [0.4, 0.5) is 0 Å². The number of hydrogen-bond acceptors (Lipinski definition) is 6. The highest BCUT2D eigenvalue weighted by Gasteiger charge is 2.37. The number of hydrogen-bond donors (Lipinski definition) is 3. The largest absolute Gasteiger partial charge is 0.341 e. The number of benzene rings is 2. The van der Waals surface area contributed by atoms with E-state index in [1.807, 2.05) is 91.9 Å². The number of likely N-dealkylation sites (tertiary alicyclic amines) is 1. The number of H-pyrrole nitrogens is 2. The number of nitrogens with two attached hydrogens (primary N) is 1. The first kappa shape index (κ1) is 27.6. The zero-order valence-electron chi connectivity index (χ0n) is 24.2. The van der Waals surface area contributed by atoms with Crippen LogP contribution in [0, 0.1) is 0 Å². The fourth-order valence-corrected chi connectivity index (χ4v) is 5.68. The van der Waals surface area contributed by atoms with Crippen molar-refractivity contribution in [3.63, 3.8) is 0 Å². The summed E-state index contributed by atoms with van der Waals surface area (Å²) in [6, 6.07) is 21.7. The Labute approximate surface area is 245 Å². The maximum Gasteiger partial charge on any atom is 0.245 e. The zero-order valence-corrected chi connectivity index (χ0v) is 24.2. The molecular formula is C33H36N8O. The summed E-state index contributed by atoms with van der Waals surface area (Å²) in [6.07, 6.45) is 7.34. The Morgan fingerprint density at radius 3 is 2.24 bits per heavy atom. The minimum Gasteiger partial charge on any atom is -0.341 e. The van der Waals surface area contributed by atoms with Gasteiger partial charge in [0, 0.05) is 23.9 Å². The van der Waals surface area contributed by atoms with E-state index in [4.69, 9.17) is 15.7 Å². The molecule has 214 valence electrons. The number of nitrogens with one attached hydrogen (secondary N) is 2. The first-order chi connectivity index (χ1) is 20.4. The Morgan fingerprint density at radius 2 is 1.57 bits per heavy atom. The van der Waals surface area contributed by atoms with E-state index in [1.54, 1.807) is 0 Å². The molecule has 6 rings (SSSR count). The smallest absolute Gasteiger partial charge is 0.245 e. The van der Waals surface area contributed by atoms with Gasteiger partial charge in [-0.15, -0.1) is 0 Å². The Morgan fingerprint density at radius 1 is 0.881 bits per heavy atom. The Balaban J connectivity index is 1.17. The molecule has 0 radical (unpaired) electrons. The maximum absolute atomic E-state index is 13.8. The molecule has 0 aliphatic carbocycles. The predicted molar refractivity (Wildman–Crippen MR) is 164 cm³/mol. The van der Waals surface area contributed by atoms with Crippen LogP contribution in [0.2, 0.25) is 0 Å². The van der Waals surface area contributed by atoms with Crippen LogP contribution in [-0.2, 0) is 4.79 Å². The first-order valence-corrected chi connectivity index (χ1v) is 14.3. The predicted octanol–water partition coefficient (Wildman–Crippen LogP) is 5.51. The fourth-order valence-electron chi connectivity index (χ4n) is 5.68. The zero-order chi connectivity index (χ0) is 29.2. The van der Waals surface area contributed by atoms with E-state index >= 15 is 0 Å². The molecule has 1 aliphatic heterocycles.